The van der Waals surface area contributed by atoms with E-state index >= 15 is 0 Å². The van der Waals surface area contributed by atoms with Gasteiger partial charge in [0.2, 0.25) is 0 Å². The zero-order valence-corrected chi connectivity index (χ0v) is 14.8. The van der Waals surface area contributed by atoms with Gasteiger partial charge in [-0.1, -0.05) is 25.1 Å². The minimum atomic E-state index is -0.00697. The van der Waals surface area contributed by atoms with Crippen molar-refractivity contribution in [3.63, 3.8) is 0 Å². The quantitative estimate of drug-likeness (QED) is 0.875. The van der Waals surface area contributed by atoms with E-state index in [1.165, 1.54) is 10.4 Å². The maximum atomic E-state index is 12.5. The van der Waals surface area contributed by atoms with Crippen LogP contribution >= 0.6 is 11.3 Å². The van der Waals surface area contributed by atoms with Gasteiger partial charge in [-0.2, -0.15) is 0 Å². The largest absolute Gasteiger partial charge is 0.379 e. The third-order valence-corrected chi connectivity index (χ3v) is 5.41. The van der Waals surface area contributed by atoms with Crippen molar-refractivity contribution < 1.29 is 9.53 Å². The van der Waals surface area contributed by atoms with Crippen LogP contribution in [0.2, 0.25) is 0 Å². The SMILES string of the molecule is CCc1ccc(C(=O)NC[C@H](c2cccs2)N2CCOCC2)cc1. The number of aryl methyl sites for hydroxylation is 1. The molecule has 1 N–H and O–H groups in total. The highest BCUT2D eigenvalue weighted by molar-refractivity contribution is 7.10. The molecule has 0 aliphatic carbocycles. The smallest absolute Gasteiger partial charge is 0.251 e. The Bertz CT molecular complexity index is 634. The molecule has 0 bridgehead atoms. The van der Waals surface area contributed by atoms with E-state index in [4.69, 9.17) is 4.74 Å². The highest BCUT2D eigenvalue weighted by Gasteiger charge is 2.24. The minimum Gasteiger partial charge on any atom is -0.379 e. The van der Waals surface area contributed by atoms with E-state index in [-0.39, 0.29) is 11.9 Å². The monoisotopic (exact) mass is 344 g/mol. The van der Waals surface area contributed by atoms with Crippen LogP contribution in [0.5, 0.6) is 0 Å². The van der Waals surface area contributed by atoms with Crippen LogP contribution in [0.25, 0.3) is 0 Å². The highest BCUT2D eigenvalue weighted by Crippen LogP contribution is 2.25. The Labute approximate surface area is 147 Å². The van der Waals surface area contributed by atoms with Gasteiger partial charge in [-0.25, -0.2) is 0 Å². The van der Waals surface area contributed by atoms with Crippen LogP contribution in [0.4, 0.5) is 0 Å². The Kier molecular flexibility index (Phi) is 6.01. The van der Waals surface area contributed by atoms with Gasteiger partial charge in [0.1, 0.15) is 0 Å². The molecule has 1 aliphatic rings. The zero-order valence-electron chi connectivity index (χ0n) is 14.0. The first-order valence-corrected chi connectivity index (χ1v) is 9.38. The third kappa shape index (κ3) is 4.23. The number of carbonyl (C=O) groups is 1. The Morgan fingerprint density at radius 1 is 1.25 bits per heavy atom. The molecule has 1 fully saturated rings. The first-order valence-electron chi connectivity index (χ1n) is 8.50. The molecular weight excluding hydrogens is 320 g/mol. The van der Waals surface area contributed by atoms with Crippen LogP contribution in [0, 0.1) is 0 Å². The number of rotatable bonds is 6. The number of hydrogen-bond donors (Lipinski definition) is 1. The molecule has 0 radical (unpaired) electrons. The van der Waals surface area contributed by atoms with Crippen LogP contribution in [0.1, 0.15) is 33.8 Å². The van der Waals surface area contributed by atoms with Crippen molar-refractivity contribution in [2.45, 2.75) is 19.4 Å². The number of ether oxygens (including phenoxy) is 1. The van der Waals surface area contributed by atoms with Crippen molar-refractivity contribution >= 4 is 17.2 Å². The summed E-state index contributed by atoms with van der Waals surface area (Å²) in [6.45, 7) is 6.06. The third-order valence-electron chi connectivity index (χ3n) is 4.44. The van der Waals surface area contributed by atoms with E-state index in [0.29, 0.717) is 6.54 Å². The van der Waals surface area contributed by atoms with Gasteiger partial charge in [-0.3, -0.25) is 9.69 Å². The summed E-state index contributed by atoms with van der Waals surface area (Å²) < 4.78 is 5.46. The first-order chi connectivity index (χ1) is 11.8. The van der Waals surface area contributed by atoms with Crippen LogP contribution in [-0.2, 0) is 11.2 Å². The summed E-state index contributed by atoms with van der Waals surface area (Å²) in [6, 6.07) is 12.3. The van der Waals surface area contributed by atoms with Gasteiger partial charge in [-0.05, 0) is 35.6 Å². The standard InChI is InChI=1S/C19H24N2O2S/c1-2-15-5-7-16(8-6-15)19(22)20-14-17(18-4-3-13-24-18)21-9-11-23-12-10-21/h3-8,13,17H,2,9-12,14H2,1H3,(H,20,22)/t17-/m1/s1. The predicted molar refractivity (Wildman–Crippen MR) is 97.6 cm³/mol. The summed E-state index contributed by atoms with van der Waals surface area (Å²) >= 11 is 1.74. The molecule has 0 unspecified atom stereocenters. The fraction of sp³-hybridized carbons (Fsp3) is 0.421. The van der Waals surface area contributed by atoms with E-state index < -0.39 is 0 Å². The van der Waals surface area contributed by atoms with E-state index in [1.54, 1.807) is 11.3 Å². The summed E-state index contributed by atoms with van der Waals surface area (Å²) in [5, 5.41) is 5.20. The predicted octanol–water partition coefficient (Wildman–Crippen LogP) is 3.11. The summed E-state index contributed by atoms with van der Waals surface area (Å²) in [6.07, 6.45) is 0.985. The Morgan fingerprint density at radius 2 is 2.00 bits per heavy atom. The minimum absolute atomic E-state index is 0.00697. The molecule has 0 saturated carbocycles. The lowest BCUT2D eigenvalue weighted by Gasteiger charge is -2.34. The Hall–Kier alpha value is -1.69. The molecular formula is C19H24N2O2S. The maximum Gasteiger partial charge on any atom is 0.251 e. The lowest BCUT2D eigenvalue weighted by Crippen LogP contribution is -2.43. The number of nitrogens with one attached hydrogen (secondary N) is 1. The van der Waals surface area contributed by atoms with Crippen LogP contribution in [0.3, 0.4) is 0 Å². The lowest BCUT2D eigenvalue weighted by atomic mass is 10.1. The highest BCUT2D eigenvalue weighted by atomic mass is 32.1. The molecule has 1 aromatic heterocycles. The topological polar surface area (TPSA) is 41.6 Å². The molecule has 2 heterocycles. The van der Waals surface area contributed by atoms with Gasteiger partial charge in [0.05, 0.1) is 19.3 Å². The van der Waals surface area contributed by atoms with Crippen molar-refractivity contribution in [3.05, 3.63) is 57.8 Å². The molecule has 2 aromatic rings. The van der Waals surface area contributed by atoms with Crippen LogP contribution in [0.15, 0.2) is 41.8 Å². The molecule has 5 heteroatoms. The molecule has 1 saturated heterocycles. The Morgan fingerprint density at radius 3 is 2.62 bits per heavy atom. The normalized spacial score (nSPS) is 16.7. The maximum absolute atomic E-state index is 12.5. The van der Waals surface area contributed by atoms with Crippen molar-refractivity contribution in [1.29, 1.82) is 0 Å². The number of morpholine rings is 1. The Balaban J connectivity index is 1.65. The van der Waals surface area contributed by atoms with Crippen molar-refractivity contribution in [2.75, 3.05) is 32.8 Å². The van der Waals surface area contributed by atoms with E-state index in [2.05, 4.69) is 34.7 Å². The van der Waals surface area contributed by atoms with Gasteiger partial charge in [0.25, 0.3) is 5.91 Å². The second kappa shape index (κ2) is 8.42. The molecule has 128 valence electrons. The van der Waals surface area contributed by atoms with Gasteiger partial charge in [-0.15, -0.1) is 11.3 Å². The summed E-state index contributed by atoms with van der Waals surface area (Å²) in [5.41, 5.74) is 1.97. The average Bonchev–Trinajstić information content (AvgIpc) is 3.17. The second-order valence-corrected chi connectivity index (χ2v) is 6.92. The lowest BCUT2D eigenvalue weighted by molar-refractivity contribution is 0.0169. The van der Waals surface area contributed by atoms with Gasteiger partial charge in [0.15, 0.2) is 0 Å². The molecule has 1 atom stereocenters. The molecule has 24 heavy (non-hydrogen) atoms. The van der Waals surface area contributed by atoms with Crippen LogP contribution in [-0.4, -0.2) is 43.7 Å². The van der Waals surface area contributed by atoms with Gasteiger partial charge >= 0.3 is 0 Å². The van der Waals surface area contributed by atoms with E-state index in [0.717, 1.165) is 38.3 Å². The summed E-state index contributed by atoms with van der Waals surface area (Å²) in [5.74, 6) is -0.00697. The zero-order chi connectivity index (χ0) is 16.8. The van der Waals surface area contributed by atoms with E-state index in [9.17, 15) is 4.79 Å². The van der Waals surface area contributed by atoms with Gasteiger partial charge < -0.3 is 10.1 Å². The average molecular weight is 344 g/mol. The molecule has 1 amide bonds. The molecule has 4 nitrogen and oxygen atoms in total. The number of amides is 1. The number of benzene rings is 1. The van der Waals surface area contributed by atoms with Crippen LogP contribution < -0.4 is 5.32 Å². The second-order valence-electron chi connectivity index (χ2n) is 5.94. The number of nitrogens with zero attached hydrogens (tertiary/aromatic N) is 1. The summed E-state index contributed by atoms with van der Waals surface area (Å²) in [4.78, 5) is 16.1. The number of hydrogen-bond acceptors (Lipinski definition) is 4. The van der Waals surface area contributed by atoms with Gasteiger partial charge in [0, 0.05) is 30.1 Å². The first kappa shape index (κ1) is 17.1. The summed E-state index contributed by atoms with van der Waals surface area (Å²) in [7, 11) is 0. The molecule has 0 spiro atoms. The number of thiophene rings is 1. The van der Waals surface area contributed by atoms with Crippen molar-refractivity contribution in [1.82, 2.24) is 10.2 Å². The number of carbonyl (C=O) groups excluding carboxylic acids is 1. The van der Waals surface area contributed by atoms with Crippen molar-refractivity contribution in [3.8, 4) is 0 Å². The molecule has 3 rings (SSSR count). The van der Waals surface area contributed by atoms with E-state index in [1.807, 2.05) is 24.3 Å². The van der Waals surface area contributed by atoms with Crippen molar-refractivity contribution in [2.24, 2.45) is 0 Å². The molecule has 1 aromatic carbocycles. The fourth-order valence-electron chi connectivity index (χ4n) is 2.96. The fourth-order valence-corrected chi connectivity index (χ4v) is 3.82. The molecule has 1 aliphatic heterocycles.